The first-order valence-corrected chi connectivity index (χ1v) is 8.60. The highest BCUT2D eigenvalue weighted by atomic mass is 16.4. The smallest absolute Gasteiger partial charge is 0.340 e. The van der Waals surface area contributed by atoms with E-state index in [0.717, 1.165) is 22.1 Å². The van der Waals surface area contributed by atoms with Gasteiger partial charge in [-0.05, 0) is 38.0 Å². The molecular formula is C22H17O5-. The van der Waals surface area contributed by atoms with Gasteiger partial charge in [-0.1, -0.05) is 29.8 Å². The zero-order valence-electron chi connectivity index (χ0n) is 15.2. The Morgan fingerprint density at radius 3 is 2.37 bits per heavy atom. The third-order valence-electron chi connectivity index (χ3n) is 5.03. The number of aliphatic carboxylic acids is 1. The van der Waals surface area contributed by atoms with Crippen LogP contribution in [-0.4, -0.2) is 5.97 Å². The Morgan fingerprint density at radius 2 is 1.70 bits per heavy atom. The van der Waals surface area contributed by atoms with Crippen molar-refractivity contribution < 1.29 is 18.7 Å². The number of carbonyl (C=O) groups excluding carboxylic acids is 1. The number of benzene rings is 2. The van der Waals surface area contributed by atoms with Crippen molar-refractivity contribution in [1.82, 2.24) is 0 Å². The number of fused-ring (bicyclic) bond motifs is 2. The van der Waals surface area contributed by atoms with Gasteiger partial charge in [0, 0.05) is 39.9 Å². The molecular weight excluding hydrogens is 344 g/mol. The molecule has 2 aromatic carbocycles. The van der Waals surface area contributed by atoms with Gasteiger partial charge in [0.1, 0.15) is 11.2 Å². The van der Waals surface area contributed by atoms with Crippen LogP contribution in [0.2, 0.25) is 0 Å². The van der Waals surface area contributed by atoms with Gasteiger partial charge in [0.2, 0.25) is 0 Å². The maximum Gasteiger partial charge on any atom is 0.340 e. The minimum atomic E-state index is -1.31. The van der Waals surface area contributed by atoms with E-state index in [0.29, 0.717) is 27.7 Å². The van der Waals surface area contributed by atoms with E-state index < -0.39 is 18.0 Å². The molecule has 27 heavy (non-hydrogen) atoms. The summed E-state index contributed by atoms with van der Waals surface area (Å²) in [6.45, 7) is 5.58. The zero-order chi connectivity index (χ0) is 19.3. The third kappa shape index (κ3) is 2.72. The Morgan fingerprint density at radius 1 is 1.00 bits per heavy atom. The van der Waals surface area contributed by atoms with Crippen molar-refractivity contribution in [3.05, 3.63) is 69.3 Å². The van der Waals surface area contributed by atoms with Crippen LogP contribution in [0.1, 0.15) is 22.3 Å². The minimum absolute atomic E-state index is 0.113. The lowest BCUT2D eigenvalue weighted by Gasteiger charge is -2.10. The maximum absolute atomic E-state index is 12.2. The second-order valence-corrected chi connectivity index (χ2v) is 6.81. The molecule has 4 rings (SSSR count). The van der Waals surface area contributed by atoms with Gasteiger partial charge in [-0.2, -0.15) is 0 Å². The second kappa shape index (κ2) is 6.13. The Balaban J connectivity index is 2.05. The lowest BCUT2D eigenvalue weighted by atomic mass is 9.97. The van der Waals surface area contributed by atoms with Gasteiger partial charge >= 0.3 is 5.63 Å². The van der Waals surface area contributed by atoms with Crippen LogP contribution in [-0.2, 0) is 11.2 Å². The molecule has 4 aromatic rings. The van der Waals surface area contributed by atoms with Crippen LogP contribution < -0.4 is 10.7 Å². The van der Waals surface area contributed by atoms with Gasteiger partial charge in [-0.25, -0.2) is 4.79 Å². The zero-order valence-corrected chi connectivity index (χ0v) is 15.2. The second-order valence-electron chi connectivity index (χ2n) is 6.81. The van der Waals surface area contributed by atoms with Crippen LogP contribution in [0, 0.1) is 20.8 Å². The highest BCUT2D eigenvalue weighted by Crippen LogP contribution is 2.37. The van der Waals surface area contributed by atoms with Gasteiger partial charge in [-0.3, -0.25) is 0 Å². The minimum Gasteiger partial charge on any atom is -0.550 e. The normalized spacial score (nSPS) is 11.4. The van der Waals surface area contributed by atoms with Crippen LogP contribution in [0.4, 0.5) is 0 Å². The number of aryl methyl sites for hydroxylation is 3. The SMILES string of the molecule is Cc1ccc(-c2coc3c(C)c4oc(=O)c(CC(=O)[O-])c(C)c4cc23)cc1. The molecule has 0 fully saturated rings. The fraction of sp³-hybridized carbons (Fsp3) is 0.182. The van der Waals surface area contributed by atoms with E-state index in [1.54, 1.807) is 13.2 Å². The van der Waals surface area contributed by atoms with Gasteiger partial charge < -0.3 is 18.7 Å². The molecule has 0 aliphatic rings. The summed E-state index contributed by atoms with van der Waals surface area (Å²) in [4.78, 5) is 23.3. The monoisotopic (exact) mass is 361 g/mol. The summed E-state index contributed by atoms with van der Waals surface area (Å²) in [5.74, 6) is -1.31. The summed E-state index contributed by atoms with van der Waals surface area (Å²) in [6, 6.07) is 10.0. The topological polar surface area (TPSA) is 83.5 Å². The predicted octanol–water partition coefficient (Wildman–Crippen LogP) is 3.42. The molecule has 0 atom stereocenters. The molecule has 0 aliphatic heterocycles. The highest BCUT2D eigenvalue weighted by Gasteiger charge is 2.18. The summed E-state index contributed by atoms with van der Waals surface area (Å²) in [5, 5.41) is 12.6. The van der Waals surface area contributed by atoms with Gasteiger partial charge in [0.25, 0.3) is 0 Å². The van der Waals surface area contributed by atoms with E-state index in [1.165, 1.54) is 0 Å². The highest BCUT2D eigenvalue weighted by molar-refractivity contribution is 6.05. The summed E-state index contributed by atoms with van der Waals surface area (Å²) >= 11 is 0. The van der Waals surface area contributed by atoms with Crippen molar-refractivity contribution in [2.24, 2.45) is 0 Å². The van der Waals surface area contributed by atoms with Crippen LogP contribution >= 0.6 is 0 Å². The summed E-state index contributed by atoms with van der Waals surface area (Å²) < 4.78 is 11.2. The number of carbonyl (C=O) groups is 1. The van der Waals surface area contributed by atoms with E-state index in [1.807, 2.05) is 44.2 Å². The number of hydrogen-bond donors (Lipinski definition) is 0. The number of carboxylic acid groups (broad SMARTS) is 1. The van der Waals surface area contributed by atoms with Crippen molar-refractivity contribution >= 4 is 27.9 Å². The van der Waals surface area contributed by atoms with Crippen molar-refractivity contribution in [2.75, 3.05) is 0 Å². The van der Waals surface area contributed by atoms with Gasteiger partial charge in [-0.15, -0.1) is 0 Å². The lowest BCUT2D eigenvalue weighted by molar-refractivity contribution is -0.304. The molecule has 0 bridgehead atoms. The Kier molecular flexibility index (Phi) is 3.88. The first kappa shape index (κ1) is 17.1. The maximum atomic E-state index is 12.2. The lowest BCUT2D eigenvalue weighted by Crippen LogP contribution is -2.27. The first-order chi connectivity index (χ1) is 12.9. The predicted molar refractivity (Wildman–Crippen MR) is 101 cm³/mol. The molecule has 5 heteroatoms. The quantitative estimate of drug-likeness (QED) is 0.522. The standard InChI is InChI=1S/C22H18O5/c1-11-4-6-14(7-5-11)18-10-26-20-13(3)21-15(8-17(18)20)12(2)16(9-19(23)24)22(25)27-21/h4-8,10H,9H2,1-3H3,(H,23,24)/p-1. The molecule has 2 aromatic heterocycles. The molecule has 5 nitrogen and oxygen atoms in total. The van der Waals surface area contributed by atoms with Crippen molar-refractivity contribution in [2.45, 2.75) is 27.2 Å². The summed E-state index contributed by atoms with van der Waals surface area (Å²) in [6.07, 6.45) is 1.22. The Hall–Kier alpha value is -3.34. The van der Waals surface area contributed by atoms with Gasteiger partial charge in [0.15, 0.2) is 0 Å². The molecule has 2 heterocycles. The van der Waals surface area contributed by atoms with Crippen molar-refractivity contribution in [3.8, 4) is 11.1 Å². The van der Waals surface area contributed by atoms with Crippen LogP contribution in [0.3, 0.4) is 0 Å². The van der Waals surface area contributed by atoms with E-state index in [9.17, 15) is 14.7 Å². The van der Waals surface area contributed by atoms with Crippen molar-refractivity contribution in [3.63, 3.8) is 0 Å². The molecule has 0 unspecified atom stereocenters. The molecule has 0 N–H and O–H groups in total. The first-order valence-electron chi connectivity index (χ1n) is 8.60. The molecule has 0 spiro atoms. The summed E-state index contributed by atoms with van der Waals surface area (Å²) in [7, 11) is 0. The van der Waals surface area contributed by atoms with Crippen LogP contribution in [0.5, 0.6) is 0 Å². The number of carboxylic acids is 1. The Bertz CT molecular complexity index is 1260. The van der Waals surface area contributed by atoms with E-state index in [2.05, 4.69) is 0 Å². The average Bonchev–Trinajstić information content (AvgIpc) is 3.05. The fourth-order valence-corrected chi connectivity index (χ4v) is 3.50. The summed E-state index contributed by atoms with van der Waals surface area (Å²) in [5.41, 5.74) is 4.93. The largest absolute Gasteiger partial charge is 0.550 e. The molecule has 0 aliphatic carbocycles. The number of furan rings is 1. The van der Waals surface area contributed by atoms with Crippen LogP contribution in [0.25, 0.3) is 33.1 Å². The van der Waals surface area contributed by atoms with E-state index >= 15 is 0 Å². The molecule has 0 radical (unpaired) electrons. The number of hydrogen-bond acceptors (Lipinski definition) is 5. The molecule has 0 saturated heterocycles. The number of rotatable bonds is 3. The third-order valence-corrected chi connectivity index (χ3v) is 5.03. The van der Waals surface area contributed by atoms with Crippen LogP contribution in [0.15, 0.2) is 50.2 Å². The van der Waals surface area contributed by atoms with E-state index in [4.69, 9.17) is 8.83 Å². The van der Waals surface area contributed by atoms with Crippen molar-refractivity contribution in [1.29, 1.82) is 0 Å². The fourth-order valence-electron chi connectivity index (χ4n) is 3.50. The molecule has 0 saturated carbocycles. The van der Waals surface area contributed by atoms with Gasteiger partial charge in [0.05, 0.1) is 6.26 Å². The molecule has 136 valence electrons. The average molecular weight is 361 g/mol. The van der Waals surface area contributed by atoms with E-state index in [-0.39, 0.29) is 5.56 Å². The Labute approximate surface area is 154 Å². The molecule has 0 amide bonds.